The number of methoxy groups -OCH3 is 1. The first-order valence-electron chi connectivity index (χ1n) is 9.75. The van der Waals surface area contributed by atoms with Crippen molar-refractivity contribution in [3.05, 3.63) is 44.4 Å². The second kappa shape index (κ2) is 8.14. The third kappa shape index (κ3) is 3.88. The summed E-state index contributed by atoms with van der Waals surface area (Å²) in [7, 11) is 1.29. The minimum atomic E-state index is -0.870. The van der Waals surface area contributed by atoms with Gasteiger partial charge in [-0.15, -0.1) is 11.3 Å². The molecule has 1 aromatic heterocycles. The van der Waals surface area contributed by atoms with Gasteiger partial charge in [0.2, 0.25) is 0 Å². The van der Waals surface area contributed by atoms with Gasteiger partial charge < -0.3 is 14.8 Å². The zero-order valence-corrected chi connectivity index (χ0v) is 18.4. The zero-order valence-electron chi connectivity index (χ0n) is 17.6. The van der Waals surface area contributed by atoms with Crippen LogP contribution in [0.25, 0.3) is 0 Å². The molecule has 6 nitrogen and oxygen atoms in total. The van der Waals surface area contributed by atoms with E-state index in [4.69, 9.17) is 9.47 Å². The van der Waals surface area contributed by atoms with Crippen molar-refractivity contribution in [2.45, 2.75) is 53.1 Å². The van der Waals surface area contributed by atoms with Crippen LogP contribution in [0.3, 0.4) is 0 Å². The van der Waals surface area contributed by atoms with Gasteiger partial charge in [-0.2, -0.15) is 0 Å². The molecule has 0 spiro atoms. The van der Waals surface area contributed by atoms with Crippen LogP contribution in [0.2, 0.25) is 0 Å². The summed E-state index contributed by atoms with van der Waals surface area (Å²) >= 11 is 1.54. The van der Waals surface area contributed by atoms with E-state index in [1.807, 2.05) is 32.9 Å². The fourth-order valence-electron chi connectivity index (χ4n) is 4.12. The molecule has 3 atom stereocenters. The number of rotatable bonds is 4. The van der Waals surface area contributed by atoms with E-state index in [-0.39, 0.29) is 17.8 Å². The van der Waals surface area contributed by atoms with Crippen molar-refractivity contribution in [1.29, 1.82) is 0 Å². The maximum atomic E-state index is 13.5. The van der Waals surface area contributed by atoms with Crippen molar-refractivity contribution < 1.29 is 23.9 Å². The van der Waals surface area contributed by atoms with E-state index in [0.717, 1.165) is 15.5 Å². The Morgan fingerprint density at radius 1 is 1.24 bits per heavy atom. The summed E-state index contributed by atoms with van der Waals surface area (Å²) in [5, 5.41) is 3.26. The number of hydrogen-bond donors (Lipinski definition) is 1. The number of Topliss-reactive ketones (excluding diaryl/α,β-unsaturated/α-hetero) is 1. The molecule has 1 aliphatic carbocycles. The first-order chi connectivity index (χ1) is 13.6. The summed E-state index contributed by atoms with van der Waals surface area (Å²) in [6.07, 6.45) is 0.250. The maximum absolute atomic E-state index is 13.5. The highest BCUT2D eigenvalue weighted by Gasteiger charge is 2.47. The molecule has 1 aliphatic heterocycles. The third-order valence-corrected chi connectivity index (χ3v) is 6.42. The molecule has 1 N–H and O–H groups in total. The first kappa shape index (κ1) is 21.3. The van der Waals surface area contributed by atoms with E-state index in [1.165, 1.54) is 18.4 Å². The molecule has 0 fully saturated rings. The topological polar surface area (TPSA) is 81.7 Å². The molecule has 7 heteroatoms. The van der Waals surface area contributed by atoms with Crippen LogP contribution in [-0.2, 0) is 23.9 Å². The molecule has 0 bridgehead atoms. The summed E-state index contributed by atoms with van der Waals surface area (Å²) in [5.74, 6) is -2.88. The standard InChI is InChI=1S/C22H27NO5S/c1-10(2)28-22(26)17-13(5)23-14-9-11(3)16(21(25)27-6)20(24)18(14)19(17)15-8-7-12(4)29-15/h7-8,10-11,16,19,23H,9H2,1-6H3/t11-,16+,19+/m1/s1. The number of hydrogen-bond acceptors (Lipinski definition) is 7. The molecule has 0 saturated heterocycles. The summed E-state index contributed by atoms with van der Waals surface area (Å²) in [4.78, 5) is 40.8. The Balaban J connectivity index is 2.15. The summed E-state index contributed by atoms with van der Waals surface area (Å²) < 4.78 is 10.4. The molecule has 29 heavy (non-hydrogen) atoms. The predicted molar refractivity (Wildman–Crippen MR) is 110 cm³/mol. The van der Waals surface area contributed by atoms with Gasteiger partial charge in [0, 0.05) is 26.7 Å². The maximum Gasteiger partial charge on any atom is 0.337 e. The summed E-state index contributed by atoms with van der Waals surface area (Å²) in [6, 6.07) is 3.91. The lowest BCUT2D eigenvalue weighted by Gasteiger charge is -2.37. The molecule has 156 valence electrons. The van der Waals surface area contributed by atoms with Crippen LogP contribution in [0.5, 0.6) is 0 Å². The van der Waals surface area contributed by atoms with Gasteiger partial charge in [0.25, 0.3) is 0 Å². The SMILES string of the molecule is COC(=O)[C@@H]1C(=O)C2=C(C[C@H]1C)NC(C)=C(C(=O)OC(C)C)[C@@H]2c1ccc(C)s1. The van der Waals surface area contributed by atoms with Gasteiger partial charge in [-0.25, -0.2) is 4.79 Å². The van der Waals surface area contributed by atoms with Gasteiger partial charge in [-0.05, 0) is 52.2 Å². The number of allylic oxidation sites excluding steroid dienone is 3. The van der Waals surface area contributed by atoms with E-state index >= 15 is 0 Å². The number of carbonyl (C=O) groups is 3. The lowest BCUT2D eigenvalue weighted by atomic mass is 9.70. The lowest BCUT2D eigenvalue weighted by molar-refractivity contribution is -0.151. The Kier molecular flexibility index (Phi) is 5.98. The number of dihydropyridines is 1. The monoisotopic (exact) mass is 417 g/mol. The van der Waals surface area contributed by atoms with E-state index < -0.39 is 23.8 Å². The van der Waals surface area contributed by atoms with Crippen LogP contribution in [0.15, 0.2) is 34.7 Å². The Morgan fingerprint density at radius 2 is 1.93 bits per heavy atom. The third-order valence-electron chi connectivity index (χ3n) is 5.35. The van der Waals surface area contributed by atoms with Crippen LogP contribution >= 0.6 is 11.3 Å². The highest BCUT2D eigenvalue weighted by molar-refractivity contribution is 7.12. The molecule has 1 aromatic rings. The van der Waals surface area contributed by atoms with E-state index in [9.17, 15) is 14.4 Å². The van der Waals surface area contributed by atoms with Crippen LogP contribution in [0.1, 0.15) is 49.8 Å². The molecular formula is C22H27NO5S. The number of thiophene rings is 1. The second-order valence-electron chi connectivity index (χ2n) is 7.94. The highest BCUT2D eigenvalue weighted by Crippen LogP contribution is 2.47. The molecule has 0 amide bonds. The molecule has 0 saturated carbocycles. The minimum absolute atomic E-state index is 0.191. The molecule has 0 unspecified atom stereocenters. The Labute approximate surface area is 175 Å². The van der Waals surface area contributed by atoms with Crippen molar-refractivity contribution in [3.63, 3.8) is 0 Å². The molecule has 2 heterocycles. The largest absolute Gasteiger partial charge is 0.468 e. The van der Waals surface area contributed by atoms with Gasteiger partial charge in [0.1, 0.15) is 5.92 Å². The van der Waals surface area contributed by atoms with Crippen LogP contribution in [0.4, 0.5) is 0 Å². The average molecular weight is 418 g/mol. The molecular weight excluding hydrogens is 390 g/mol. The fourth-order valence-corrected chi connectivity index (χ4v) is 5.12. The predicted octanol–water partition coefficient (Wildman–Crippen LogP) is 3.62. The molecule has 0 aromatic carbocycles. The van der Waals surface area contributed by atoms with Crippen molar-refractivity contribution in [2.75, 3.05) is 7.11 Å². The Hall–Kier alpha value is -2.41. The van der Waals surface area contributed by atoms with Gasteiger partial charge in [0.05, 0.1) is 24.7 Å². The van der Waals surface area contributed by atoms with Crippen molar-refractivity contribution in [2.24, 2.45) is 11.8 Å². The first-order valence-corrected chi connectivity index (χ1v) is 10.6. The van der Waals surface area contributed by atoms with E-state index in [2.05, 4.69) is 5.32 Å². The molecule has 3 rings (SSSR count). The van der Waals surface area contributed by atoms with Crippen LogP contribution in [-0.4, -0.2) is 30.9 Å². The Bertz CT molecular complexity index is 923. The number of aryl methyl sites for hydroxylation is 1. The van der Waals surface area contributed by atoms with Crippen molar-refractivity contribution >= 4 is 29.1 Å². The summed E-state index contributed by atoms with van der Waals surface area (Å²) in [6.45, 7) is 9.27. The number of ether oxygens (including phenoxy) is 2. The number of esters is 2. The molecule has 0 radical (unpaired) electrons. The van der Waals surface area contributed by atoms with Gasteiger partial charge in [0.15, 0.2) is 5.78 Å². The number of nitrogens with one attached hydrogen (secondary N) is 1. The highest BCUT2D eigenvalue weighted by atomic mass is 32.1. The van der Waals surface area contributed by atoms with Crippen LogP contribution < -0.4 is 5.32 Å². The van der Waals surface area contributed by atoms with Crippen molar-refractivity contribution in [1.82, 2.24) is 5.32 Å². The van der Waals surface area contributed by atoms with Crippen LogP contribution in [0, 0.1) is 18.8 Å². The van der Waals surface area contributed by atoms with E-state index in [0.29, 0.717) is 23.3 Å². The van der Waals surface area contributed by atoms with Gasteiger partial charge in [-0.3, -0.25) is 9.59 Å². The number of carbonyl (C=O) groups excluding carboxylic acids is 3. The quantitative estimate of drug-likeness (QED) is 0.595. The van der Waals surface area contributed by atoms with Gasteiger partial charge >= 0.3 is 11.9 Å². The average Bonchev–Trinajstić information content (AvgIpc) is 3.05. The fraction of sp³-hybridized carbons (Fsp3) is 0.500. The van der Waals surface area contributed by atoms with Gasteiger partial charge in [-0.1, -0.05) is 6.92 Å². The van der Waals surface area contributed by atoms with Crippen molar-refractivity contribution in [3.8, 4) is 0 Å². The minimum Gasteiger partial charge on any atom is -0.468 e. The molecule has 2 aliphatic rings. The Morgan fingerprint density at radius 3 is 2.48 bits per heavy atom. The lowest BCUT2D eigenvalue weighted by Crippen LogP contribution is -2.43. The van der Waals surface area contributed by atoms with E-state index in [1.54, 1.807) is 13.8 Å². The normalized spacial score (nSPS) is 24.4. The summed E-state index contributed by atoms with van der Waals surface area (Å²) in [5.41, 5.74) is 2.35. The smallest absolute Gasteiger partial charge is 0.337 e. The zero-order chi connectivity index (χ0) is 21.5. The second-order valence-corrected chi connectivity index (χ2v) is 9.26. The number of ketones is 1.